The number of hydrogen-bond donors (Lipinski definition) is 1. The molecular weight excluding hydrogens is 486 g/mol. The number of anilines is 1. The SMILES string of the molecule is CC(=O)O[C@@H]1[C@@H](OC(C)=O)[C@H](n2nc3sc(-c4ccc(N)cc4)nn3c2=S)OC[C@@H]1OC(C)=O. The van der Waals surface area contributed by atoms with Gasteiger partial charge in [-0.3, -0.25) is 14.4 Å². The van der Waals surface area contributed by atoms with Crippen LogP contribution in [0.2, 0.25) is 0 Å². The van der Waals surface area contributed by atoms with Crippen LogP contribution in [0.5, 0.6) is 0 Å². The number of hydrogen-bond acceptors (Lipinski definition) is 12. The van der Waals surface area contributed by atoms with E-state index in [2.05, 4.69) is 10.2 Å². The molecule has 4 rings (SSSR count). The molecule has 12 nitrogen and oxygen atoms in total. The maximum atomic E-state index is 11.9. The summed E-state index contributed by atoms with van der Waals surface area (Å²) in [6, 6.07) is 7.21. The molecule has 1 aromatic carbocycles. The lowest BCUT2D eigenvalue weighted by Crippen LogP contribution is -2.55. The van der Waals surface area contributed by atoms with E-state index in [9.17, 15) is 14.4 Å². The van der Waals surface area contributed by atoms with Crippen LogP contribution in [0.25, 0.3) is 15.5 Å². The van der Waals surface area contributed by atoms with Crippen LogP contribution in [0, 0.1) is 4.77 Å². The lowest BCUT2D eigenvalue weighted by Gasteiger charge is -2.40. The highest BCUT2D eigenvalue weighted by atomic mass is 32.1. The molecule has 0 radical (unpaired) electrons. The number of benzene rings is 1. The van der Waals surface area contributed by atoms with E-state index in [1.807, 2.05) is 12.1 Å². The van der Waals surface area contributed by atoms with Crippen LogP contribution >= 0.6 is 23.6 Å². The summed E-state index contributed by atoms with van der Waals surface area (Å²) in [6.45, 7) is 3.46. The minimum atomic E-state index is -1.19. The summed E-state index contributed by atoms with van der Waals surface area (Å²) in [5.74, 6) is -1.91. The molecular formula is C20H21N5O7S2. The van der Waals surface area contributed by atoms with Crippen molar-refractivity contribution in [1.82, 2.24) is 19.4 Å². The smallest absolute Gasteiger partial charge is 0.303 e. The standard InChI is InChI=1S/C20H21N5O7S2/c1-9(26)30-14-8-29-18(16(32-11(3)28)15(14)31-10(2)27)24-20(33)25-19(23-24)34-17(22-25)12-4-6-13(21)7-5-12/h4-7,14-16,18H,8,21H2,1-3H3/t14-,15-,16+,18+/m0/s1. The number of aromatic nitrogens is 4. The minimum absolute atomic E-state index is 0.142. The van der Waals surface area contributed by atoms with E-state index in [1.54, 1.807) is 12.1 Å². The summed E-state index contributed by atoms with van der Waals surface area (Å²) >= 11 is 6.84. The number of ether oxygens (including phenoxy) is 4. The Labute approximate surface area is 202 Å². The Balaban J connectivity index is 1.72. The van der Waals surface area contributed by atoms with Gasteiger partial charge >= 0.3 is 17.9 Å². The first kappa shape index (κ1) is 23.8. The predicted octanol–water partition coefficient (Wildman–Crippen LogP) is 1.89. The van der Waals surface area contributed by atoms with Crippen LogP contribution < -0.4 is 5.73 Å². The number of carbonyl (C=O) groups excluding carboxylic acids is 3. The van der Waals surface area contributed by atoms with Gasteiger partial charge < -0.3 is 24.7 Å². The van der Waals surface area contributed by atoms with Crippen LogP contribution in [0.3, 0.4) is 0 Å². The average Bonchev–Trinajstić information content (AvgIpc) is 3.30. The molecule has 3 heterocycles. The van der Waals surface area contributed by atoms with Crippen molar-refractivity contribution in [3.8, 4) is 10.6 Å². The van der Waals surface area contributed by atoms with Crippen molar-refractivity contribution >= 4 is 52.1 Å². The third kappa shape index (κ3) is 4.78. The zero-order valence-electron chi connectivity index (χ0n) is 18.4. The molecule has 1 fully saturated rings. The third-order valence-corrected chi connectivity index (χ3v) is 6.16. The summed E-state index contributed by atoms with van der Waals surface area (Å²) in [7, 11) is 0. The number of nitrogens with two attached hydrogens (primary N) is 1. The minimum Gasteiger partial charge on any atom is -0.456 e. The molecule has 1 aliphatic rings. The monoisotopic (exact) mass is 507 g/mol. The molecule has 34 heavy (non-hydrogen) atoms. The Morgan fingerprint density at radius 2 is 1.65 bits per heavy atom. The van der Waals surface area contributed by atoms with E-state index in [4.69, 9.17) is 36.9 Å². The third-order valence-electron chi connectivity index (χ3n) is 4.85. The van der Waals surface area contributed by atoms with Gasteiger partial charge in [-0.15, -0.1) is 5.10 Å². The number of esters is 3. The fraction of sp³-hybridized carbons (Fsp3) is 0.400. The van der Waals surface area contributed by atoms with Gasteiger partial charge in [0.1, 0.15) is 5.01 Å². The molecule has 14 heteroatoms. The van der Waals surface area contributed by atoms with Gasteiger partial charge in [0.05, 0.1) is 6.61 Å². The van der Waals surface area contributed by atoms with E-state index < -0.39 is 42.4 Å². The molecule has 0 bridgehead atoms. The second-order valence-electron chi connectivity index (χ2n) is 7.47. The zero-order chi connectivity index (χ0) is 24.6. The lowest BCUT2D eigenvalue weighted by molar-refractivity contribution is -0.241. The normalized spacial score (nSPS) is 22.3. The maximum Gasteiger partial charge on any atom is 0.303 e. The molecule has 3 aromatic rings. The maximum absolute atomic E-state index is 11.9. The van der Waals surface area contributed by atoms with Crippen molar-refractivity contribution in [2.75, 3.05) is 12.3 Å². The van der Waals surface area contributed by atoms with E-state index in [0.29, 0.717) is 15.7 Å². The molecule has 1 saturated heterocycles. The van der Waals surface area contributed by atoms with Crippen molar-refractivity contribution in [2.45, 2.75) is 45.3 Å². The van der Waals surface area contributed by atoms with Crippen molar-refractivity contribution < 1.29 is 33.3 Å². The van der Waals surface area contributed by atoms with Crippen molar-refractivity contribution in [2.24, 2.45) is 0 Å². The Morgan fingerprint density at radius 1 is 1.03 bits per heavy atom. The summed E-state index contributed by atoms with van der Waals surface area (Å²) in [6.07, 6.45) is -4.37. The molecule has 0 spiro atoms. The first-order chi connectivity index (χ1) is 16.1. The quantitative estimate of drug-likeness (QED) is 0.233. The van der Waals surface area contributed by atoms with Crippen LogP contribution in [-0.2, 0) is 33.3 Å². The van der Waals surface area contributed by atoms with Gasteiger partial charge in [0.2, 0.25) is 9.73 Å². The van der Waals surface area contributed by atoms with Gasteiger partial charge in [0.25, 0.3) is 0 Å². The molecule has 0 unspecified atom stereocenters. The number of carbonyl (C=O) groups is 3. The Bertz CT molecular complexity index is 1300. The highest BCUT2D eigenvalue weighted by Gasteiger charge is 2.48. The van der Waals surface area contributed by atoms with Gasteiger partial charge in [-0.1, -0.05) is 11.3 Å². The summed E-state index contributed by atoms with van der Waals surface area (Å²) in [5, 5.41) is 9.70. The second-order valence-corrected chi connectivity index (χ2v) is 8.79. The number of nitrogen functional groups attached to an aromatic ring is 1. The summed E-state index contributed by atoms with van der Waals surface area (Å²) < 4.78 is 24.8. The topological polar surface area (TPSA) is 149 Å². The number of rotatable bonds is 5. The zero-order valence-corrected chi connectivity index (χ0v) is 20.0. The van der Waals surface area contributed by atoms with Gasteiger partial charge in [-0.25, -0.2) is 4.68 Å². The highest BCUT2D eigenvalue weighted by molar-refractivity contribution is 7.71. The van der Waals surface area contributed by atoms with Crippen molar-refractivity contribution in [3.63, 3.8) is 0 Å². The van der Waals surface area contributed by atoms with Crippen molar-refractivity contribution in [1.29, 1.82) is 0 Å². The van der Waals surface area contributed by atoms with Crippen LogP contribution in [0.15, 0.2) is 24.3 Å². The Hall–Kier alpha value is -3.36. The lowest BCUT2D eigenvalue weighted by atomic mass is 10.0. The first-order valence-corrected chi connectivity index (χ1v) is 11.3. The van der Waals surface area contributed by atoms with E-state index in [-0.39, 0.29) is 11.4 Å². The first-order valence-electron chi connectivity index (χ1n) is 10.1. The van der Waals surface area contributed by atoms with Gasteiger partial charge in [0.15, 0.2) is 24.5 Å². The summed E-state index contributed by atoms with van der Waals surface area (Å²) in [4.78, 5) is 35.7. The van der Waals surface area contributed by atoms with Gasteiger partial charge in [0, 0.05) is 32.0 Å². The Morgan fingerprint density at radius 3 is 2.24 bits per heavy atom. The molecule has 180 valence electrons. The highest BCUT2D eigenvalue weighted by Crippen LogP contribution is 2.32. The largest absolute Gasteiger partial charge is 0.456 e. The molecule has 0 saturated carbocycles. The molecule has 0 amide bonds. The van der Waals surface area contributed by atoms with Gasteiger partial charge in [-0.05, 0) is 36.5 Å². The second kappa shape index (κ2) is 9.48. The number of nitrogens with zero attached hydrogens (tertiary/aromatic N) is 4. The van der Waals surface area contributed by atoms with Crippen LogP contribution in [0.1, 0.15) is 27.0 Å². The van der Waals surface area contributed by atoms with Crippen LogP contribution in [-0.4, -0.2) is 62.2 Å². The fourth-order valence-corrected chi connectivity index (χ4v) is 4.77. The van der Waals surface area contributed by atoms with Crippen molar-refractivity contribution in [3.05, 3.63) is 29.0 Å². The van der Waals surface area contributed by atoms with E-state index in [0.717, 1.165) is 5.56 Å². The van der Waals surface area contributed by atoms with E-state index >= 15 is 0 Å². The molecule has 4 atom stereocenters. The number of fused-ring (bicyclic) bond motifs is 1. The van der Waals surface area contributed by atoms with Crippen LogP contribution in [0.4, 0.5) is 5.69 Å². The fourth-order valence-electron chi connectivity index (χ4n) is 3.54. The molecule has 1 aliphatic heterocycles. The van der Waals surface area contributed by atoms with Gasteiger partial charge in [-0.2, -0.15) is 9.61 Å². The Kier molecular flexibility index (Phi) is 6.63. The van der Waals surface area contributed by atoms with E-state index in [1.165, 1.54) is 41.3 Å². The molecule has 2 N–H and O–H groups in total. The average molecular weight is 508 g/mol. The molecule has 2 aromatic heterocycles. The predicted molar refractivity (Wildman–Crippen MR) is 121 cm³/mol. The summed E-state index contributed by atoms with van der Waals surface area (Å²) in [5.41, 5.74) is 7.22. The molecule has 0 aliphatic carbocycles.